The summed E-state index contributed by atoms with van der Waals surface area (Å²) >= 11 is 12.3. The van der Waals surface area contributed by atoms with Crippen molar-refractivity contribution in [3.63, 3.8) is 0 Å². The molecule has 2 aromatic carbocycles. The Morgan fingerprint density at radius 2 is 1.72 bits per heavy atom. The molecule has 2 fully saturated rings. The van der Waals surface area contributed by atoms with Gasteiger partial charge >= 0.3 is 0 Å². The smallest absolute Gasteiger partial charge is 0.240 e. The maximum absolute atomic E-state index is 13.5. The van der Waals surface area contributed by atoms with Gasteiger partial charge in [-0.05, 0) is 42.3 Å². The average molecular weight is 427 g/mol. The lowest BCUT2D eigenvalue weighted by Gasteiger charge is -2.35. The van der Waals surface area contributed by atoms with Gasteiger partial charge in [-0.1, -0.05) is 47.5 Å². The van der Waals surface area contributed by atoms with E-state index < -0.39 is 23.8 Å². The van der Waals surface area contributed by atoms with Crippen LogP contribution in [0.5, 0.6) is 0 Å². The number of carbonyl (C=O) groups is 3. The standard InChI is InChI=1S/C22H16Cl2N2O3/c1-11(27)19-17-18(20-14-5-3-2-4-12(14)8-9-25(19)20)22(29)26(21(17)28)16-7-6-13(23)10-15(16)24/h2-10,17-20H,1H3/t17-,18+,19+,20-/m0/s1. The second kappa shape index (κ2) is 6.44. The number of hydrogen-bond donors (Lipinski definition) is 0. The van der Waals surface area contributed by atoms with E-state index in [1.54, 1.807) is 12.1 Å². The van der Waals surface area contributed by atoms with E-state index in [1.807, 2.05) is 41.4 Å². The molecule has 0 spiro atoms. The molecule has 29 heavy (non-hydrogen) atoms. The molecule has 0 radical (unpaired) electrons. The van der Waals surface area contributed by atoms with Gasteiger partial charge in [-0.3, -0.25) is 14.4 Å². The zero-order chi connectivity index (χ0) is 20.4. The van der Waals surface area contributed by atoms with Gasteiger partial charge in [0.25, 0.3) is 0 Å². The summed E-state index contributed by atoms with van der Waals surface area (Å²) in [5, 5.41) is 0.636. The minimum Gasteiger partial charge on any atom is -0.359 e. The number of rotatable bonds is 2. The minimum absolute atomic E-state index is 0.142. The monoisotopic (exact) mass is 426 g/mol. The predicted octanol–water partition coefficient (Wildman–Crippen LogP) is 4.10. The Hall–Kier alpha value is -2.63. The van der Waals surface area contributed by atoms with Gasteiger partial charge in [0.05, 0.1) is 34.6 Å². The van der Waals surface area contributed by atoms with E-state index in [0.717, 1.165) is 16.0 Å². The summed E-state index contributed by atoms with van der Waals surface area (Å²) in [7, 11) is 0. The molecule has 2 aromatic rings. The van der Waals surface area contributed by atoms with Gasteiger partial charge in [0, 0.05) is 11.2 Å². The number of carbonyl (C=O) groups excluding carboxylic acids is 3. The molecule has 0 aromatic heterocycles. The van der Waals surface area contributed by atoms with Gasteiger partial charge in [0.15, 0.2) is 5.78 Å². The van der Waals surface area contributed by atoms with Crippen molar-refractivity contribution in [1.82, 2.24) is 4.90 Å². The third kappa shape index (κ3) is 2.51. The molecule has 0 bridgehead atoms. The van der Waals surface area contributed by atoms with Crippen LogP contribution in [0.4, 0.5) is 5.69 Å². The molecule has 5 nitrogen and oxygen atoms in total. The fourth-order valence-corrected chi connectivity index (χ4v) is 5.41. The maximum atomic E-state index is 13.5. The number of amides is 2. The van der Waals surface area contributed by atoms with E-state index in [4.69, 9.17) is 23.2 Å². The number of fused-ring (bicyclic) bond motifs is 5. The Balaban J connectivity index is 1.66. The summed E-state index contributed by atoms with van der Waals surface area (Å²) in [6.07, 6.45) is 3.75. The molecule has 3 aliphatic heterocycles. The van der Waals surface area contributed by atoms with Gasteiger partial charge in [-0.2, -0.15) is 0 Å². The summed E-state index contributed by atoms with van der Waals surface area (Å²) in [5.74, 6) is -2.30. The van der Waals surface area contributed by atoms with Gasteiger partial charge in [0.1, 0.15) is 0 Å². The number of Topliss-reactive ketones (excluding diaryl/α,β-unsaturated/α-hetero) is 1. The SMILES string of the molecule is CC(=O)[C@@H]1[C@H]2C(=O)N(c3ccc(Cl)cc3Cl)C(=O)[C@H]2[C@@H]2c3ccccc3C=CN12. The quantitative estimate of drug-likeness (QED) is 0.678. The Bertz CT molecular complexity index is 1110. The number of benzene rings is 2. The zero-order valence-corrected chi connectivity index (χ0v) is 16.9. The first-order chi connectivity index (χ1) is 13.9. The summed E-state index contributed by atoms with van der Waals surface area (Å²) in [5.41, 5.74) is 2.23. The third-order valence-corrected chi connectivity index (χ3v) is 6.57. The largest absolute Gasteiger partial charge is 0.359 e. The van der Waals surface area contributed by atoms with Crippen molar-refractivity contribution in [3.8, 4) is 0 Å². The number of nitrogens with zero attached hydrogens (tertiary/aromatic N) is 2. The molecule has 7 heteroatoms. The molecule has 2 saturated heterocycles. The molecule has 0 aliphatic carbocycles. The van der Waals surface area contributed by atoms with Crippen LogP contribution in [0, 0.1) is 11.8 Å². The van der Waals surface area contributed by atoms with Crippen LogP contribution in [0.3, 0.4) is 0 Å². The normalized spacial score (nSPS) is 27.1. The molecule has 3 heterocycles. The van der Waals surface area contributed by atoms with Crippen LogP contribution in [-0.4, -0.2) is 28.5 Å². The van der Waals surface area contributed by atoms with Crippen LogP contribution in [-0.2, 0) is 14.4 Å². The van der Waals surface area contributed by atoms with Crippen LogP contribution < -0.4 is 4.90 Å². The molecule has 5 rings (SSSR count). The first kappa shape index (κ1) is 18.4. The van der Waals surface area contributed by atoms with Crippen molar-refractivity contribution < 1.29 is 14.4 Å². The van der Waals surface area contributed by atoms with Crippen LogP contribution in [0.15, 0.2) is 48.7 Å². The highest BCUT2D eigenvalue weighted by Gasteiger charge is 2.64. The van der Waals surface area contributed by atoms with Crippen molar-refractivity contribution in [2.24, 2.45) is 11.8 Å². The average Bonchev–Trinajstić information content (AvgIpc) is 3.16. The van der Waals surface area contributed by atoms with E-state index in [2.05, 4.69) is 0 Å². The van der Waals surface area contributed by atoms with E-state index in [0.29, 0.717) is 10.7 Å². The second-order valence-corrected chi connectivity index (χ2v) is 8.40. The molecular formula is C22H16Cl2N2O3. The lowest BCUT2D eigenvalue weighted by molar-refractivity contribution is -0.129. The van der Waals surface area contributed by atoms with Crippen LogP contribution in [0.2, 0.25) is 10.0 Å². The highest BCUT2D eigenvalue weighted by atomic mass is 35.5. The Morgan fingerprint density at radius 1 is 1.00 bits per heavy atom. The summed E-state index contributed by atoms with van der Waals surface area (Å²) in [6, 6.07) is 11.3. The molecule has 4 atom stereocenters. The molecule has 146 valence electrons. The lowest BCUT2D eigenvalue weighted by Crippen LogP contribution is -2.43. The highest BCUT2D eigenvalue weighted by Crippen LogP contribution is 2.53. The molecule has 3 aliphatic rings. The van der Waals surface area contributed by atoms with Crippen molar-refractivity contribution in [1.29, 1.82) is 0 Å². The van der Waals surface area contributed by atoms with Gasteiger partial charge in [0.2, 0.25) is 11.8 Å². The van der Waals surface area contributed by atoms with Crippen LogP contribution in [0.1, 0.15) is 24.1 Å². The van der Waals surface area contributed by atoms with E-state index in [-0.39, 0.29) is 22.8 Å². The number of ketones is 1. The summed E-state index contributed by atoms with van der Waals surface area (Å²) in [6.45, 7) is 1.47. The van der Waals surface area contributed by atoms with Gasteiger partial charge in [-0.25, -0.2) is 4.90 Å². The number of imide groups is 1. The highest BCUT2D eigenvalue weighted by molar-refractivity contribution is 6.38. The van der Waals surface area contributed by atoms with Crippen molar-refractivity contribution >= 4 is 52.6 Å². The van der Waals surface area contributed by atoms with Crippen molar-refractivity contribution in [2.75, 3.05) is 4.90 Å². The Morgan fingerprint density at radius 3 is 2.45 bits per heavy atom. The predicted molar refractivity (Wildman–Crippen MR) is 110 cm³/mol. The number of halogens is 2. The van der Waals surface area contributed by atoms with E-state index >= 15 is 0 Å². The Kier molecular flexibility index (Phi) is 4.09. The first-order valence-corrected chi connectivity index (χ1v) is 10.0. The van der Waals surface area contributed by atoms with Gasteiger partial charge < -0.3 is 4.90 Å². The molecular weight excluding hydrogens is 411 g/mol. The fourth-order valence-electron chi connectivity index (χ4n) is 4.92. The lowest BCUT2D eigenvalue weighted by atomic mass is 9.84. The minimum atomic E-state index is -0.757. The van der Waals surface area contributed by atoms with Crippen LogP contribution >= 0.6 is 23.2 Å². The number of anilines is 1. The summed E-state index contributed by atoms with van der Waals surface area (Å²) in [4.78, 5) is 42.5. The Labute approximate surface area is 177 Å². The van der Waals surface area contributed by atoms with Crippen molar-refractivity contribution in [2.45, 2.75) is 19.0 Å². The molecule has 0 unspecified atom stereocenters. The van der Waals surface area contributed by atoms with Crippen molar-refractivity contribution in [3.05, 3.63) is 69.8 Å². The second-order valence-electron chi connectivity index (χ2n) is 7.55. The maximum Gasteiger partial charge on any atom is 0.240 e. The first-order valence-electron chi connectivity index (χ1n) is 9.28. The fraction of sp³-hybridized carbons (Fsp3) is 0.227. The summed E-state index contributed by atoms with van der Waals surface area (Å²) < 4.78 is 0. The van der Waals surface area contributed by atoms with E-state index in [1.165, 1.54) is 13.0 Å². The number of hydrogen-bond acceptors (Lipinski definition) is 4. The zero-order valence-electron chi connectivity index (χ0n) is 15.4. The van der Waals surface area contributed by atoms with Crippen LogP contribution in [0.25, 0.3) is 6.08 Å². The molecule has 0 N–H and O–H groups in total. The van der Waals surface area contributed by atoms with E-state index in [9.17, 15) is 14.4 Å². The topological polar surface area (TPSA) is 57.7 Å². The van der Waals surface area contributed by atoms with Gasteiger partial charge in [-0.15, -0.1) is 0 Å². The third-order valence-electron chi connectivity index (χ3n) is 6.03. The molecule has 0 saturated carbocycles. The molecule has 2 amide bonds.